The molecule has 1 aromatic heterocycles. The molecule has 0 bridgehead atoms. The van der Waals surface area contributed by atoms with Crippen LogP contribution in [0.3, 0.4) is 0 Å². The number of hydrogen-bond donors (Lipinski definition) is 0. The van der Waals surface area contributed by atoms with Crippen molar-refractivity contribution in [2.45, 2.75) is 0 Å². The Morgan fingerprint density at radius 1 is 0.842 bits per heavy atom. The predicted octanol–water partition coefficient (Wildman–Crippen LogP) is 5.43. The zero-order chi connectivity index (χ0) is 12.7. The first-order chi connectivity index (χ1) is 9.40. The lowest BCUT2D eigenvalue weighted by atomic mass is 10.2. The number of rotatable bonds is 2. The summed E-state index contributed by atoms with van der Waals surface area (Å²) in [7, 11) is 4.05. The molecule has 1 atom stereocenters. The Bertz CT molecular complexity index is 709. The molecule has 0 amide bonds. The summed E-state index contributed by atoms with van der Waals surface area (Å²) in [6.07, 6.45) is 6.30. The molecule has 1 unspecified atom stereocenters. The van der Waals surface area contributed by atoms with Crippen LogP contribution in [0.25, 0.3) is 9.81 Å². The minimum Gasteiger partial charge on any atom is -0.464 e. The molecule has 0 saturated carbocycles. The lowest BCUT2D eigenvalue weighted by Crippen LogP contribution is -1.81. The molecular weight excluding hydrogens is 292 g/mol. The van der Waals surface area contributed by atoms with E-state index in [0.717, 1.165) is 5.76 Å². The molecule has 1 aromatic carbocycles. The van der Waals surface area contributed by atoms with Crippen LogP contribution < -0.4 is 0 Å². The molecular formula is C15H10OS3. The first-order valence-corrected chi connectivity index (χ1v) is 9.80. The quantitative estimate of drug-likeness (QED) is 0.542. The summed E-state index contributed by atoms with van der Waals surface area (Å²) in [5.74, 6) is 0.981. The first-order valence-electron chi connectivity index (χ1n) is 5.91. The van der Waals surface area contributed by atoms with E-state index in [1.54, 1.807) is 6.26 Å². The highest BCUT2D eigenvalue weighted by Gasteiger charge is 2.24. The highest BCUT2D eigenvalue weighted by atomic mass is 33.5. The van der Waals surface area contributed by atoms with Gasteiger partial charge in [-0.05, 0) is 40.6 Å². The fraction of sp³-hybridized carbons (Fsp3) is 0. The lowest BCUT2D eigenvalue weighted by molar-refractivity contribution is 0.556. The van der Waals surface area contributed by atoms with E-state index in [1.165, 1.54) is 20.2 Å². The number of allylic oxidation sites excluding steroid dienone is 2. The van der Waals surface area contributed by atoms with Gasteiger partial charge in [0.05, 0.1) is 11.2 Å². The molecule has 4 rings (SSSR count). The van der Waals surface area contributed by atoms with Crippen LogP contribution in [0.5, 0.6) is 0 Å². The second kappa shape index (κ2) is 4.78. The fourth-order valence-corrected chi connectivity index (χ4v) is 8.58. The van der Waals surface area contributed by atoms with E-state index in [4.69, 9.17) is 4.42 Å². The molecule has 2 aromatic rings. The number of hydrogen-bond acceptors (Lipinski definition) is 3. The molecule has 2 aliphatic heterocycles. The molecule has 0 fully saturated rings. The normalized spacial score (nSPS) is 21.3. The lowest BCUT2D eigenvalue weighted by Gasteiger charge is -2.04. The summed E-state index contributed by atoms with van der Waals surface area (Å²) in [5.41, 5.74) is 1.32. The standard InChI is InChI=1S/C15H10OS3/c1-2-5-11(6-3-1)14-9-12-10-15(18-19(12)17-14)13-7-4-8-16-13/h1-10H. The summed E-state index contributed by atoms with van der Waals surface area (Å²) < 4.78 is 5.47. The van der Waals surface area contributed by atoms with E-state index in [0.29, 0.717) is 0 Å². The van der Waals surface area contributed by atoms with Gasteiger partial charge in [-0.2, -0.15) is 0 Å². The summed E-state index contributed by atoms with van der Waals surface area (Å²) in [6.45, 7) is 0. The average molecular weight is 302 g/mol. The van der Waals surface area contributed by atoms with Gasteiger partial charge in [0.1, 0.15) is 5.76 Å². The zero-order valence-electron chi connectivity index (χ0n) is 9.91. The van der Waals surface area contributed by atoms with E-state index in [-0.39, 0.29) is 8.55 Å². The van der Waals surface area contributed by atoms with Crippen LogP contribution in [0.15, 0.2) is 65.3 Å². The summed E-state index contributed by atoms with van der Waals surface area (Å²) in [6, 6.07) is 14.6. The topological polar surface area (TPSA) is 13.1 Å². The van der Waals surface area contributed by atoms with Gasteiger partial charge in [-0.3, -0.25) is 0 Å². The molecule has 0 spiro atoms. The van der Waals surface area contributed by atoms with Gasteiger partial charge < -0.3 is 4.42 Å². The second-order valence-corrected chi connectivity index (χ2v) is 9.95. The number of benzene rings is 1. The van der Waals surface area contributed by atoms with E-state index in [9.17, 15) is 0 Å². The monoisotopic (exact) mass is 302 g/mol. The van der Waals surface area contributed by atoms with Crippen molar-refractivity contribution in [1.82, 2.24) is 0 Å². The fourth-order valence-electron chi connectivity index (χ4n) is 1.99. The van der Waals surface area contributed by atoms with Crippen LogP contribution in [-0.2, 0) is 0 Å². The molecule has 94 valence electrons. The van der Waals surface area contributed by atoms with Crippen LogP contribution in [0.4, 0.5) is 0 Å². The summed E-state index contributed by atoms with van der Waals surface area (Å²) in [5, 5.41) is 0. The van der Waals surface area contributed by atoms with Gasteiger partial charge >= 0.3 is 0 Å². The summed E-state index contributed by atoms with van der Waals surface area (Å²) in [4.78, 5) is 4.04. The van der Waals surface area contributed by atoms with Crippen molar-refractivity contribution in [1.29, 1.82) is 0 Å². The van der Waals surface area contributed by atoms with Gasteiger partial charge in [-0.15, -0.1) is 0 Å². The maximum atomic E-state index is 5.47. The molecule has 4 heteroatoms. The third-order valence-electron chi connectivity index (χ3n) is 2.89. The van der Waals surface area contributed by atoms with E-state index in [2.05, 4.69) is 42.5 Å². The van der Waals surface area contributed by atoms with Gasteiger partial charge in [0.2, 0.25) is 0 Å². The molecule has 0 aliphatic carbocycles. The molecule has 0 saturated heterocycles. The third-order valence-corrected chi connectivity index (χ3v) is 9.21. The van der Waals surface area contributed by atoms with E-state index >= 15 is 0 Å². The van der Waals surface area contributed by atoms with E-state index < -0.39 is 0 Å². The average Bonchev–Trinajstić information content (AvgIpc) is 3.14. The smallest absolute Gasteiger partial charge is 0.141 e. The van der Waals surface area contributed by atoms with Crippen molar-refractivity contribution in [2.24, 2.45) is 0 Å². The van der Waals surface area contributed by atoms with Crippen molar-refractivity contribution in [3.8, 4) is 0 Å². The molecule has 2 aliphatic rings. The Kier molecular flexibility index (Phi) is 2.94. The van der Waals surface area contributed by atoms with Crippen molar-refractivity contribution in [3.05, 3.63) is 72.2 Å². The molecule has 1 nitrogen and oxygen atoms in total. The van der Waals surface area contributed by atoms with Gasteiger partial charge in [-0.1, -0.05) is 49.7 Å². The van der Waals surface area contributed by atoms with Crippen LogP contribution in [-0.4, -0.2) is 4.86 Å². The number of furan rings is 1. The van der Waals surface area contributed by atoms with Gasteiger partial charge in [0, 0.05) is 9.77 Å². The van der Waals surface area contributed by atoms with Gasteiger partial charge in [-0.25, -0.2) is 0 Å². The maximum Gasteiger partial charge on any atom is 0.141 e. The second-order valence-electron chi connectivity index (χ2n) is 4.16. The Morgan fingerprint density at radius 2 is 1.63 bits per heavy atom. The Hall–Kier alpha value is -1.10. The minimum absolute atomic E-state index is 0.192. The zero-order valence-corrected chi connectivity index (χ0v) is 12.4. The predicted molar refractivity (Wildman–Crippen MR) is 88.9 cm³/mol. The maximum absolute atomic E-state index is 5.47. The largest absolute Gasteiger partial charge is 0.464 e. The molecule has 0 N–H and O–H groups in total. The first kappa shape index (κ1) is 11.7. The van der Waals surface area contributed by atoms with Crippen LogP contribution in [0.2, 0.25) is 0 Å². The van der Waals surface area contributed by atoms with Crippen molar-refractivity contribution in [3.63, 3.8) is 0 Å². The van der Waals surface area contributed by atoms with Crippen LogP contribution >= 0.6 is 30.1 Å². The Labute approximate surface area is 121 Å². The van der Waals surface area contributed by atoms with Gasteiger partial charge in [0.25, 0.3) is 0 Å². The third kappa shape index (κ3) is 2.14. The molecule has 19 heavy (non-hydrogen) atoms. The summed E-state index contributed by atoms with van der Waals surface area (Å²) >= 11 is 0. The Morgan fingerprint density at radius 3 is 2.37 bits per heavy atom. The minimum atomic E-state index is 0.192. The van der Waals surface area contributed by atoms with Crippen molar-refractivity contribution >= 4 is 44.8 Å². The van der Waals surface area contributed by atoms with Crippen molar-refractivity contribution < 1.29 is 4.42 Å². The highest BCUT2D eigenvalue weighted by molar-refractivity contribution is 9.19. The van der Waals surface area contributed by atoms with E-state index in [1.807, 2.05) is 33.7 Å². The van der Waals surface area contributed by atoms with Crippen LogP contribution in [0, 0.1) is 0 Å². The van der Waals surface area contributed by atoms with Crippen LogP contribution in [0.1, 0.15) is 11.3 Å². The SMILES string of the molecule is C1=C(c2ccccc2)SS2=C1C=C(c1ccco1)S2. The van der Waals surface area contributed by atoms with Gasteiger partial charge in [0.15, 0.2) is 0 Å². The van der Waals surface area contributed by atoms with Crippen molar-refractivity contribution in [2.75, 3.05) is 0 Å². The Balaban J connectivity index is 1.63. The molecule has 3 heterocycles. The highest BCUT2D eigenvalue weighted by Crippen LogP contribution is 2.63. The molecule has 0 radical (unpaired) electrons.